The summed E-state index contributed by atoms with van der Waals surface area (Å²) in [7, 11) is 0. The second-order valence-electron chi connectivity index (χ2n) is 4.80. The van der Waals surface area contributed by atoms with Gasteiger partial charge in [-0.1, -0.05) is 47.5 Å². The third-order valence-electron chi connectivity index (χ3n) is 3.17. The molecule has 0 saturated heterocycles. The van der Waals surface area contributed by atoms with Gasteiger partial charge in [0, 0.05) is 15.7 Å². The third kappa shape index (κ3) is 4.13. The summed E-state index contributed by atoms with van der Waals surface area (Å²) in [5, 5.41) is 6.78. The molecule has 2 rings (SSSR count). The number of para-hydroxylation sites is 1. The molecule has 0 fully saturated rings. The number of anilines is 1. The highest BCUT2D eigenvalue weighted by atomic mass is 35.5. The molecule has 5 heteroatoms. The van der Waals surface area contributed by atoms with Crippen molar-refractivity contribution < 1.29 is 4.79 Å². The lowest BCUT2D eigenvalue weighted by molar-refractivity contribution is 0.249. The number of hydrogen-bond acceptors (Lipinski definition) is 1. The SMILES string of the molecule is Cc1ccccc1NC(=O)N[C@@H](C)c1ccc(Cl)cc1Cl. The molecule has 0 saturated carbocycles. The van der Waals surface area contributed by atoms with Gasteiger partial charge in [-0.05, 0) is 43.2 Å². The molecule has 2 N–H and O–H groups in total. The number of aryl methyl sites for hydroxylation is 1. The number of carbonyl (C=O) groups excluding carboxylic acids is 1. The van der Waals surface area contributed by atoms with Crippen molar-refractivity contribution in [2.45, 2.75) is 19.9 Å². The monoisotopic (exact) mass is 322 g/mol. The predicted molar refractivity (Wildman–Crippen MR) is 88.2 cm³/mol. The normalized spacial score (nSPS) is 11.8. The van der Waals surface area contributed by atoms with Gasteiger partial charge in [0.2, 0.25) is 0 Å². The van der Waals surface area contributed by atoms with E-state index in [4.69, 9.17) is 23.2 Å². The van der Waals surface area contributed by atoms with Crippen LogP contribution in [0.15, 0.2) is 42.5 Å². The van der Waals surface area contributed by atoms with E-state index < -0.39 is 0 Å². The molecule has 21 heavy (non-hydrogen) atoms. The Balaban J connectivity index is 2.04. The summed E-state index contributed by atoms with van der Waals surface area (Å²) in [4.78, 5) is 12.0. The number of carbonyl (C=O) groups is 1. The van der Waals surface area contributed by atoms with E-state index in [1.165, 1.54) is 0 Å². The summed E-state index contributed by atoms with van der Waals surface area (Å²) in [6.45, 7) is 3.81. The summed E-state index contributed by atoms with van der Waals surface area (Å²) in [6.07, 6.45) is 0. The van der Waals surface area contributed by atoms with Crippen LogP contribution in [0.3, 0.4) is 0 Å². The number of amides is 2. The highest BCUT2D eigenvalue weighted by Crippen LogP contribution is 2.26. The van der Waals surface area contributed by atoms with Crippen LogP contribution in [0.1, 0.15) is 24.1 Å². The molecular weight excluding hydrogens is 307 g/mol. The number of urea groups is 1. The zero-order valence-electron chi connectivity index (χ0n) is 11.8. The largest absolute Gasteiger partial charge is 0.331 e. The van der Waals surface area contributed by atoms with Crippen molar-refractivity contribution >= 4 is 34.9 Å². The highest BCUT2D eigenvalue weighted by molar-refractivity contribution is 6.35. The molecular formula is C16H16Cl2N2O. The van der Waals surface area contributed by atoms with E-state index in [9.17, 15) is 4.79 Å². The van der Waals surface area contributed by atoms with Crippen molar-refractivity contribution in [1.82, 2.24) is 5.32 Å². The predicted octanol–water partition coefficient (Wildman–Crippen LogP) is 5.18. The molecule has 2 aromatic rings. The van der Waals surface area contributed by atoms with Crippen molar-refractivity contribution in [1.29, 1.82) is 0 Å². The Morgan fingerprint density at radius 3 is 2.52 bits per heavy atom. The van der Waals surface area contributed by atoms with Crippen molar-refractivity contribution in [3.63, 3.8) is 0 Å². The lowest BCUT2D eigenvalue weighted by Gasteiger charge is -2.17. The maximum atomic E-state index is 12.0. The summed E-state index contributed by atoms with van der Waals surface area (Å²) < 4.78 is 0. The second-order valence-corrected chi connectivity index (χ2v) is 5.64. The minimum absolute atomic E-state index is 0.223. The van der Waals surface area contributed by atoms with Crippen LogP contribution in [-0.4, -0.2) is 6.03 Å². The van der Waals surface area contributed by atoms with Crippen molar-refractivity contribution in [3.8, 4) is 0 Å². The van der Waals surface area contributed by atoms with Crippen LogP contribution in [-0.2, 0) is 0 Å². The van der Waals surface area contributed by atoms with Gasteiger partial charge < -0.3 is 10.6 Å². The molecule has 0 spiro atoms. The van der Waals surface area contributed by atoms with Gasteiger partial charge in [0.05, 0.1) is 6.04 Å². The van der Waals surface area contributed by atoms with Crippen LogP contribution in [0.2, 0.25) is 10.0 Å². The fraction of sp³-hybridized carbons (Fsp3) is 0.188. The standard InChI is InChI=1S/C16H16Cl2N2O/c1-10-5-3-4-6-15(10)20-16(21)19-11(2)13-8-7-12(17)9-14(13)18/h3-9,11H,1-2H3,(H2,19,20,21)/t11-/m0/s1. The molecule has 2 aromatic carbocycles. The van der Waals surface area contributed by atoms with Gasteiger partial charge in [-0.15, -0.1) is 0 Å². The maximum Gasteiger partial charge on any atom is 0.319 e. The Bertz CT molecular complexity index is 658. The Morgan fingerprint density at radius 2 is 1.86 bits per heavy atom. The van der Waals surface area contributed by atoms with Crippen LogP contribution < -0.4 is 10.6 Å². The van der Waals surface area contributed by atoms with E-state index in [-0.39, 0.29) is 12.1 Å². The summed E-state index contributed by atoms with van der Waals surface area (Å²) in [5.41, 5.74) is 2.61. The summed E-state index contributed by atoms with van der Waals surface area (Å²) in [5.74, 6) is 0. The number of hydrogen-bond donors (Lipinski definition) is 2. The van der Waals surface area contributed by atoms with Crippen molar-refractivity contribution in [3.05, 3.63) is 63.6 Å². The number of benzene rings is 2. The minimum Gasteiger partial charge on any atom is -0.331 e. The van der Waals surface area contributed by atoms with E-state index in [2.05, 4.69) is 10.6 Å². The van der Waals surface area contributed by atoms with E-state index in [1.807, 2.05) is 44.2 Å². The first-order valence-corrected chi connectivity index (χ1v) is 7.31. The lowest BCUT2D eigenvalue weighted by Crippen LogP contribution is -2.31. The number of halogens is 2. The molecule has 0 aliphatic rings. The maximum absolute atomic E-state index is 12.0. The third-order valence-corrected chi connectivity index (χ3v) is 3.73. The van der Waals surface area contributed by atoms with Gasteiger partial charge in [0.1, 0.15) is 0 Å². The Labute approximate surface area is 134 Å². The van der Waals surface area contributed by atoms with E-state index >= 15 is 0 Å². The van der Waals surface area contributed by atoms with Gasteiger partial charge in [0.25, 0.3) is 0 Å². The molecule has 0 aromatic heterocycles. The Hall–Kier alpha value is -1.71. The van der Waals surface area contributed by atoms with Crippen LogP contribution in [0, 0.1) is 6.92 Å². The van der Waals surface area contributed by atoms with Gasteiger partial charge in [0.15, 0.2) is 0 Å². The van der Waals surface area contributed by atoms with Gasteiger partial charge in [-0.2, -0.15) is 0 Å². The molecule has 0 aliphatic heterocycles. The molecule has 0 bridgehead atoms. The molecule has 3 nitrogen and oxygen atoms in total. The second kappa shape index (κ2) is 6.83. The van der Waals surface area contributed by atoms with Crippen molar-refractivity contribution in [2.75, 3.05) is 5.32 Å². The lowest BCUT2D eigenvalue weighted by atomic mass is 10.1. The fourth-order valence-corrected chi connectivity index (χ4v) is 2.57. The average molecular weight is 323 g/mol. The first kappa shape index (κ1) is 15.7. The first-order valence-electron chi connectivity index (χ1n) is 6.55. The molecule has 110 valence electrons. The summed E-state index contributed by atoms with van der Waals surface area (Å²) in [6, 6.07) is 12.3. The quantitative estimate of drug-likeness (QED) is 0.802. The van der Waals surface area contributed by atoms with Gasteiger partial charge in [-0.3, -0.25) is 0 Å². The van der Waals surface area contributed by atoms with Crippen LogP contribution in [0.25, 0.3) is 0 Å². The van der Waals surface area contributed by atoms with Gasteiger partial charge >= 0.3 is 6.03 Å². The van der Waals surface area contributed by atoms with E-state index in [0.29, 0.717) is 10.0 Å². The highest BCUT2D eigenvalue weighted by Gasteiger charge is 2.13. The van der Waals surface area contributed by atoms with Crippen molar-refractivity contribution in [2.24, 2.45) is 0 Å². The molecule has 2 amide bonds. The molecule has 0 heterocycles. The smallest absolute Gasteiger partial charge is 0.319 e. The number of nitrogens with one attached hydrogen (secondary N) is 2. The minimum atomic E-state index is -0.275. The van der Waals surface area contributed by atoms with E-state index in [1.54, 1.807) is 12.1 Å². The Morgan fingerprint density at radius 1 is 1.14 bits per heavy atom. The van der Waals surface area contributed by atoms with E-state index in [0.717, 1.165) is 16.8 Å². The Kier molecular flexibility index (Phi) is 5.10. The zero-order valence-corrected chi connectivity index (χ0v) is 13.3. The topological polar surface area (TPSA) is 41.1 Å². The summed E-state index contributed by atoms with van der Waals surface area (Å²) >= 11 is 12.0. The fourth-order valence-electron chi connectivity index (χ4n) is 2.00. The average Bonchev–Trinajstić information content (AvgIpc) is 2.41. The molecule has 0 radical (unpaired) electrons. The first-order chi connectivity index (χ1) is 9.97. The molecule has 1 atom stereocenters. The number of rotatable bonds is 3. The molecule has 0 aliphatic carbocycles. The van der Waals surface area contributed by atoms with Crippen LogP contribution in [0.5, 0.6) is 0 Å². The zero-order chi connectivity index (χ0) is 15.4. The van der Waals surface area contributed by atoms with Crippen LogP contribution >= 0.6 is 23.2 Å². The molecule has 0 unspecified atom stereocenters. The van der Waals surface area contributed by atoms with Crippen LogP contribution in [0.4, 0.5) is 10.5 Å². The van der Waals surface area contributed by atoms with Gasteiger partial charge in [-0.25, -0.2) is 4.79 Å².